The van der Waals surface area contributed by atoms with Crippen molar-refractivity contribution in [1.29, 1.82) is 0 Å². The molecule has 0 aliphatic carbocycles. The first kappa shape index (κ1) is 36.7. The molecule has 0 aromatic heterocycles. The van der Waals surface area contributed by atoms with Gasteiger partial charge in [0.05, 0.1) is 12.7 Å². The second-order valence-corrected chi connectivity index (χ2v) is 26.3. The molecule has 0 N–H and O–H groups in total. The molecular formula is C34H58O9Si2. The monoisotopic (exact) mass is 666 g/mol. The number of hydrogen-bond acceptors (Lipinski definition) is 9. The molecule has 3 aliphatic rings. The van der Waals surface area contributed by atoms with Gasteiger partial charge in [0.2, 0.25) is 0 Å². The third-order valence-corrected chi connectivity index (χ3v) is 19.0. The van der Waals surface area contributed by atoms with Crippen molar-refractivity contribution in [3.8, 4) is 0 Å². The normalized spacial score (nSPS) is 29.8. The van der Waals surface area contributed by atoms with Gasteiger partial charge in [-0.15, -0.1) is 0 Å². The zero-order valence-electron chi connectivity index (χ0n) is 30.0. The number of ether oxygens (including phenoxy) is 6. The Morgan fingerprint density at radius 3 is 1.98 bits per heavy atom. The van der Waals surface area contributed by atoms with Gasteiger partial charge in [0.25, 0.3) is 0 Å². The maximum absolute atomic E-state index is 14.5. The first-order valence-corrected chi connectivity index (χ1v) is 22.1. The molecule has 1 aromatic rings. The molecule has 0 saturated carbocycles. The van der Waals surface area contributed by atoms with Crippen molar-refractivity contribution in [1.82, 2.24) is 0 Å². The van der Waals surface area contributed by atoms with Gasteiger partial charge in [-0.1, -0.05) is 71.9 Å². The Kier molecular flexibility index (Phi) is 10.4. The van der Waals surface area contributed by atoms with Gasteiger partial charge in [0.1, 0.15) is 36.9 Å². The average molecular weight is 667 g/mol. The van der Waals surface area contributed by atoms with Crippen LogP contribution in [0.15, 0.2) is 30.3 Å². The van der Waals surface area contributed by atoms with Crippen LogP contribution in [0.1, 0.15) is 74.8 Å². The molecule has 0 spiro atoms. The molecule has 45 heavy (non-hydrogen) atoms. The molecule has 1 aromatic carbocycles. The van der Waals surface area contributed by atoms with Crippen molar-refractivity contribution in [3.05, 3.63) is 35.9 Å². The maximum Gasteiger partial charge on any atom is 0.314 e. The Bertz CT molecular complexity index is 1170. The summed E-state index contributed by atoms with van der Waals surface area (Å²) in [4.78, 5) is 14.5. The predicted octanol–water partition coefficient (Wildman–Crippen LogP) is 7.15. The number of fused-ring (bicyclic) bond motifs is 1. The topological polar surface area (TPSA) is 90.9 Å². The minimum atomic E-state index is -2.47. The van der Waals surface area contributed by atoms with Gasteiger partial charge in [-0.05, 0) is 69.5 Å². The molecule has 3 aliphatic heterocycles. The molecule has 9 nitrogen and oxygen atoms in total. The van der Waals surface area contributed by atoms with E-state index in [0.717, 1.165) is 5.56 Å². The van der Waals surface area contributed by atoms with E-state index < -0.39 is 76.9 Å². The van der Waals surface area contributed by atoms with E-state index in [2.05, 4.69) is 67.7 Å². The van der Waals surface area contributed by atoms with E-state index >= 15 is 0 Å². The molecule has 0 bridgehead atoms. The van der Waals surface area contributed by atoms with Crippen molar-refractivity contribution in [2.24, 2.45) is 5.92 Å². The molecule has 4 rings (SSSR count). The fourth-order valence-electron chi connectivity index (χ4n) is 5.50. The highest BCUT2D eigenvalue weighted by Crippen LogP contribution is 2.48. The number of hydrogen-bond donors (Lipinski definition) is 0. The number of benzene rings is 1. The smallest absolute Gasteiger partial charge is 0.314 e. The molecule has 256 valence electrons. The van der Waals surface area contributed by atoms with E-state index in [9.17, 15) is 4.79 Å². The van der Waals surface area contributed by atoms with Crippen LogP contribution in [0.3, 0.4) is 0 Å². The van der Waals surface area contributed by atoms with Gasteiger partial charge < -0.3 is 37.3 Å². The first-order chi connectivity index (χ1) is 20.4. The van der Waals surface area contributed by atoms with Crippen LogP contribution in [0, 0.1) is 5.92 Å². The van der Waals surface area contributed by atoms with Crippen LogP contribution in [-0.4, -0.2) is 77.6 Å². The maximum atomic E-state index is 14.5. The highest BCUT2D eigenvalue weighted by atomic mass is 28.4. The Morgan fingerprint density at radius 2 is 1.44 bits per heavy atom. The van der Waals surface area contributed by atoms with Crippen molar-refractivity contribution >= 4 is 22.6 Å². The Hall–Kier alpha value is -1.16. The minimum Gasteiger partial charge on any atom is -0.460 e. The van der Waals surface area contributed by atoms with Crippen molar-refractivity contribution < 1.29 is 42.1 Å². The van der Waals surface area contributed by atoms with Crippen LogP contribution in [-0.2, 0) is 48.7 Å². The van der Waals surface area contributed by atoms with E-state index in [-0.39, 0.29) is 23.3 Å². The third kappa shape index (κ3) is 8.29. The van der Waals surface area contributed by atoms with E-state index in [4.69, 9.17) is 37.3 Å². The second kappa shape index (κ2) is 12.7. The van der Waals surface area contributed by atoms with E-state index in [1.54, 1.807) is 0 Å². The summed E-state index contributed by atoms with van der Waals surface area (Å²) >= 11 is 0. The van der Waals surface area contributed by atoms with Gasteiger partial charge in [-0.2, -0.15) is 0 Å². The van der Waals surface area contributed by atoms with Crippen LogP contribution in [0.25, 0.3) is 0 Å². The van der Waals surface area contributed by atoms with Crippen LogP contribution in [0.5, 0.6) is 0 Å². The van der Waals surface area contributed by atoms with Crippen molar-refractivity contribution in [3.63, 3.8) is 0 Å². The van der Waals surface area contributed by atoms with E-state index in [1.165, 1.54) is 0 Å². The fraction of sp³-hybridized carbons (Fsp3) is 0.794. The third-order valence-electron chi connectivity index (χ3n) is 10.1. The number of esters is 1. The second-order valence-electron chi connectivity index (χ2n) is 16.7. The highest BCUT2D eigenvalue weighted by molar-refractivity contribution is 6.74. The summed E-state index contributed by atoms with van der Waals surface area (Å²) in [6.07, 6.45) is -3.91. The molecule has 3 fully saturated rings. The van der Waals surface area contributed by atoms with E-state index in [1.807, 2.05) is 58.0 Å². The minimum absolute atomic E-state index is 0.0679. The van der Waals surface area contributed by atoms with Crippen LogP contribution < -0.4 is 0 Å². The Labute approximate surface area is 273 Å². The molecule has 0 radical (unpaired) electrons. The lowest BCUT2D eigenvalue weighted by Gasteiger charge is -2.44. The molecule has 7 atom stereocenters. The van der Waals surface area contributed by atoms with Gasteiger partial charge >= 0.3 is 5.97 Å². The molecule has 0 amide bonds. The van der Waals surface area contributed by atoms with Crippen LogP contribution in [0.2, 0.25) is 36.3 Å². The summed E-state index contributed by atoms with van der Waals surface area (Å²) in [5.41, 5.74) is 0.888. The lowest BCUT2D eigenvalue weighted by Crippen LogP contribution is -2.56. The predicted molar refractivity (Wildman–Crippen MR) is 177 cm³/mol. The van der Waals surface area contributed by atoms with E-state index in [0.29, 0.717) is 0 Å². The average Bonchev–Trinajstić information content (AvgIpc) is 3.51. The Morgan fingerprint density at radius 1 is 0.867 bits per heavy atom. The highest BCUT2D eigenvalue weighted by Gasteiger charge is 2.63. The lowest BCUT2D eigenvalue weighted by molar-refractivity contribution is -0.231. The summed E-state index contributed by atoms with van der Waals surface area (Å²) in [6.45, 7) is 29.7. The number of rotatable bonds is 10. The first-order valence-electron chi connectivity index (χ1n) is 16.3. The lowest BCUT2D eigenvalue weighted by atomic mass is 9.88. The number of carbonyl (C=O) groups excluding carboxylic acids is 1. The standard InChI is InChI=1S/C34H58O9Si2/c1-31(2,3)44(11,12)42-25(23-21-37-33(7,8)39-23)24(29(35)36-20-22-18-16-15-17-19-22)26-27-28(41-34(9,10)40-27)30(38-26)43-45(13,14)32(4,5)6/h15-19,23-28,30H,20-21H2,1-14H3/t23-,24+,25+,26-,27-,28-,30+/m1/s1. The van der Waals surface area contributed by atoms with Gasteiger partial charge in [0.15, 0.2) is 34.5 Å². The molecule has 11 heteroatoms. The van der Waals surface area contributed by atoms with Crippen LogP contribution >= 0.6 is 0 Å². The number of carbonyl (C=O) groups is 1. The fourth-order valence-corrected chi connectivity index (χ4v) is 7.95. The molecule has 0 unspecified atom stereocenters. The largest absolute Gasteiger partial charge is 0.460 e. The summed E-state index contributed by atoms with van der Waals surface area (Å²) in [6, 6.07) is 9.66. The quantitative estimate of drug-likeness (QED) is 0.191. The summed E-state index contributed by atoms with van der Waals surface area (Å²) < 4.78 is 52.3. The SMILES string of the molecule is CC1(C)O[C@H]2[C@@H](O1)[C@H](O[Si](C)(C)C(C)(C)C)O[C@@H]2[C@@H](C(=O)OCc1ccccc1)[C@@H](O[Si](C)(C)C(C)(C)C)[C@H]1COC(C)(C)O1. The molecular weight excluding hydrogens is 609 g/mol. The van der Waals surface area contributed by atoms with Gasteiger partial charge in [-0.25, -0.2) is 0 Å². The van der Waals surface area contributed by atoms with Gasteiger partial charge in [-0.3, -0.25) is 4.79 Å². The van der Waals surface area contributed by atoms with Gasteiger partial charge in [0, 0.05) is 0 Å². The molecule has 3 saturated heterocycles. The summed E-state index contributed by atoms with van der Waals surface area (Å²) in [5.74, 6) is -3.08. The Balaban J connectivity index is 1.78. The summed E-state index contributed by atoms with van der Waals surface area (Å²) in [7, 11) is -4.77. The molecule has 3 heterocycles. The van der Waals surface area contributed by atoms with Crippen molar-refractivity contribution in [2.45, 2.75) is 160 Å². The van der Waals surface area contributed by atoms with Crippen molar-refractivity contribution in [2.75, 3.05) is 6.61 Å². The zero-order valence-corrected chi connectivity index (χ0v) is 32.0. The summed E-state index contributed by atoms with van der Waals surface area (Å²) in [5, 5.41) is -0.206. The van der Waals surface area contributed by atoms with Crippen LogP contribution in [0.4, 0.5) is 0 Å². The zero-order chi connectivity index (χ0) is 33.8.